The first kappa shape index (κ1) is 24.5. The Labute approximate surface area is 187 Å². The van der Waals surface area contributed by atoms with Gasteiger partial charge in [-0.3, -0.25) is 4.79 Å². The van der Waals surface area contributed by atoms with E-state index in [1.54, 1.807) is 0 Å². The molecule has 2 rings (SSSR count). The Kier molecular flexibility index (Phi) is 9.12. The van der Waals surface area contributed by atoms with Gasteiger partial charge >= 0.3 is 0 Å². The molecule has 1 amide bonds. The number of rotatable bonds is 10. The molecule has 31 heavy (non-hydrogen) atoms. The second-order valence-electron chi connectivity index (χ2n) is 9.41. The lowest BCUT2D eigenvalue weighted by atomic mass is 9.81. The standard InChI is InChI=1S/C27H36N2O2/c1-6-10-20(2)19-31-23-15-13-22(14-16-23)25(27(3,4)5)29-26(30)24(17-18-28)21-11-8-7-9-12-21/h7-9,11-16,20,24-25H,6,10,17,19H2,1-5H3,(H,29,30)/t20?,24-,25+/m0/s1. The minimum absolute atomic E-state index is 0.124. The first-order chi connectivity index (χ1) is 14.8. The van der Waals surface area contributed by atoms with Crippen LogP contribution in [-0.2, 0) is 4.79 Å². The monoisotopic (exact) mass is 420 g/mol. The van der Waals surface area contributed by atoms with Gasteiger partial charge in [0.25, 0.3) is 0 Å². The van der Waals surface area contributed by atoms with Crippen LogP contribution in [0.15, 0.2) is 54.6 Å². The Morgan fingerprint density at radius 2 is 1.71 bits per heavy atom. The smallest absolute Gasteiger partial charge is 0.229 e. The summed E-state index contributed by atoms with van der Waals surface area (Å²) in [5.41, 5.74) is 1.69. The summed E-state index contributed by atoms with van der Waals surface area (Å²) in [6.07, 6.45) is 2.46. The van der Waals surface area contributed by atoms with Crippen molar-refractivity contribution in [2.24, 2.45) is 11.3 Å². The van der Waals surface area contributed by atoms with Crippen LogP contribution >= 0.6 is 0 Å². The van der Waals surface area contributed by atoms with E-state index in [0.717, 1.165) is 29.7 Å². The quantitative estimate of drug-likeness (QED) is 0.483. The summed E-state index contributed by atoms with van der Waals surface area (Å²) in [5.74, 6) is 0.763. The lowest BCUT2D eigenvalue weighted by molar-refractivity contribution is -0.124. The van der Waals surface area contributed by atoms with Gasteiger partial charge in [0.1, 0.15) is 5.75 Å². The number of hydrogen-bond donors (Lipinski definition) is 1. The maximum Gasteiger partial charge on any atom is 0.229 e. The summed E-state index contributed by atoms with van der Waals surface area (Å²) in [7, 11) is 0. The summed E-state index contributed by atoms with van der Waals surface area (Å²) in [6, 6.07) is 19.5. The Bertz CT molecular complexity index is 848. The van der Waals surface area contributed by atoms with Gasteiger partial charge in [-0.05, 0) is 41.0 Å². The van der Waals surface area contributed by atoms with Gasteiger partial charge in [-0.15, -0.1) is 0 Å². The number of ether oxygens (including phenoxy) is 1. The van der Waals surface area contributed by atoms with Crippen LogP contribution in [-0.4, -0.2) is 12.5 Å². The SMILES string of the molecule is CCCC(C)COc1ccc([C@@H](NC(=O)[C@@H](CC#N)c2ccccc2)C(C)(C)C)cc1. The minimum atomic E-state index is -0.487. The van der Waals surface area contributed by atoms with Crippen molar-refractivity contribution in [3.05, 3.63) is 65.7 Å². The highest BCUT2D eigenvalue weighted by Crippen LogP contribution is 2.34. The summed E-state index contributed by atoms with van der Waals surface area (Å²) in [4.78, 5) is 13.2. The second-order valence-corrected chi connectivity index (χ2v) is 9.41. The molecule has 0 aromatic heterocycles. The molecule has 0 heterocycles. The Morgan fingerprint density at radius 3 is 2.26 bits per heavy atom. The zero-order chi connectivity index (χ0) is 22.9. The first-order valence-corrected chi connectivity index (χ1v) is 11.2. The van der Waals surface area contributed by atoms with Gasteiger partial charge in [0, 0.05) is 0 Å². The Morgan fingerprint density at radius 1 is 1.06 bits per heavy atom. The van der Waals surface area contributed by atoms with E-state index in [2.05, 4.69) is 46.0 Å². The second kappa shape index (κ2) is 11.6. The topological polar surface area (TPSA) is 62.1 Å². The normalized spacial score (nSPS) is 14.2. The number of nitrogens with zero attached hydrogens (tertiary/aromatic N) is 1. The molecule has 4 nitrogen and oxygen atoms in total. The molecule has 0 aliphatic heterocycles. The molecule has 0 bridgehead atoms. The first-order valence-electron chi connectivity index (χ1n) is 11.2. The molecule has 2 aromatic rings. The Balaban J connectivity index is 2.16. The maximum absolute atomic E-state index is 13.2. The third kappa shape index (κ3) is 7.43. The number of hydrogen-bond acceptors (Lipinski definition) is 3. The molecule has 4 heteroatoms. The molecule has 3 atom stereocenters. The Hall–Kier alpha value is -2.80. The van der Waals surface area contributed by atoms with Gasteiger partial charge < -0.3 is 10.1 Å². The molecular weight excluding hydrogens is 384 g/mol. The van der Waals surface area contributed by atoms with Crippen molar-refractivity contribution in [3.63, 3.8) is 0 Å². The van der Waals surface area contributed by atoms with Crippen molar-refractivity contribution in [3.8, 4) is 11.8 Å². The highest BCUT2D eigenvalue weighted by Gasteiger charge is 2.31. The molecule has 0 aliphatic rings. The molecule has 0 aliphatic carbocycles. The third-order valence-electron chi connectivity index (χ3n) is 5.50. The molecule has 0 saturated heterocycles. The lowest BCUT2D eigenvalue weighted by Crippen LogP contribution is -2.39. The third-order valence-corrected chi connectivity index (χ3v) is 5.50. The minimum Gasteiger partial charge on any atom is -0.493 e. The van der Waals surface area contributed by atoms with Gasteiger partial charge in [-0.1, -0.05) is 83.5 Å². The average Bonchev–Trinajstić information content (AvgIpc) is 2.74. The van der Waals surface area contributed by atoms with Gasteiger partial charge in [0.2, 0.25) is 5.91 Å². The fourth-order valence-corrected chi connectivity index (χ4v) is 3.75. The lowest BCUT2D eigenvalue weighted by Gasteiger charge is -2.33. The van der Waals surface area contributed by atoms with E-state index < -0.39 is 5.92 Å². The van der Waals surface area contributed by atoms with Crippen LogP contribution in [0.5, 0.6) is 5.75 Å². The van der Waals surface area contributed by atoms with Gasteiger partial charge in [0.05, 0.1) is 31.1 Å². The number of nitriles is 1. The van der Waals surface area contributed by atoms with E-state index in [1.165, 1.54) is 0 Å². The molecule has 1 unspecified atom stereocenters. The van der Waals surface area contributed by atoms with Crippen molar-refractivity contribution in [1.29, 1.82) is 5.26 Å². The van der Waals surface area contributed by atoms with Crippen LogP contribution in [0.4, 0.5) is 0 Å². The molecule has 0 spiro atoms. The number of carbonyl (C=O) groups is 1. The van der Waals surface area contributed by atoms with Gasteiger partial charge in [-0.25, -0.2) is 0 Å². The molecule has 1 N–H and O–H groups in total. The highest BCUT2D eigenvalue weighted by molar-refractivity contribution is 5.84. The van der Waals surface area contributed by atoms with Crippen molar-refractivity contribution >= 4 is 5.91 Å². The van der Waals surface area contributed by atoms with E-state index in [4.69, 9.17) is 4.74 Å². The molecule has 0 radical (unpaired) electrons. The summed E-state index contributed by atoms with van der Waals surface area (Å²) in [5, 5.41) is 12.5. The van der Waals surface area contributed by atoms with Crippen LogP contribution in [0.25, 0.3) is 0 Å². The van der Waals surface area contributed by atoms with Gasteiger partial charge in [-0.2, -0.15) is 5.26 Å². The molecule has 166 valence electrons. The fourth-order valence-electron chi connectivity index (χ4n) is 3.75. The van der Waals surface area contributed by atoms with Crippen LogP contribution in [0.1, 0.15) is 77.0 Å². The zero-order valence-corrected chi connectivity index (χ0v) is 19.5. The summed E-state index contributed by atoms with van der Waals surface area (Å²) >= 11 is 0. The summed E-state index contributed by atoms with van der Waals surface area (Å²) < 4.78 is 5.93. The number of amides is 1. The number of nitrogens with one attached hydrogen (secondary N) is 1. The van der Waals surface area contributed by atoms with E-state index in [0.29, 0.717) is 12.5 Å². The predicted molar refractivity (Wildman–Crippen MR) is 126 cm³/mol. The number of benzene rings is 2. The number of carbonyl (C=O) groups excluding carboxylic acids is 1. The van der Waals surface area contributed by atoms with Crippen LogP contribution in [0.2, 0.25) is 0 Å². The van der Waals surface area contributed by atoms with E-state index >= 15 is 0 Å². The summed E-state index contributed by atoms with van der Waals surface area (Å²) in [6.45, 7) is 11.4. The van der Waals surface area contributed by atoms with Crippen LogP contribution in [0.3, 0.4) is 0 Å². The highest BCUT2D eigenvalue weighted by atomic mass is 16.5. The van der Waals surface area contributed by atoms with Crippen LogP contribution < -0.4 is 10.1 Å². The van der Waals surface area contributed by atoms with Crippen molar-refractivity contribution in [2.45, 2.75) is 65.8 Å². The van der Waals surface area contributed by atoms with Crippen molar-refractivity contribution < 1.29 is 9.53 Å². The fraction of sp³-hybridized carbons (Fsp3) is 0.481. The molecule has 2 aromatic carbocycles. The van der Waals surface area contributed by atoms with E-state index in [1.807, 2.05) is 54.6 Å². The van der Waals surface area contributed by atoms with Crippen molar-refractivity contribution in [1.82, 2.24) is 5.32 Å². The van der Waals surface area contributed by atoms with E-state index in [-0.39, 0.29) is 23.8 Å². The van der Waals surface area contributed by atoms with Gasteiger partial charge in [0.15, 0.2) is 0 Å². The zero-order valence-electron chi connectivity index (χ0n) is 19.5. The maximum atomic E-state index is 13.2. The van der Waals surface area contributed by atoms with Crippen LogP contribution in [0, 0.1) is 22.7 Å². The van der Waals surface area contributed by atoms with Crippen molar-refractivity contribution in [2.75, 3.05) is 6.61 Å². The largest absolute Gasteiger partial charge is 0.493 e. The molecule has 0 fully saturated rings. The molecular formula is C27H36N2O2. The van der Waals surface area contributed by atoms with E-state index in [9.17, 15) is 10.1 Å². The molecule has 0 saturated carbocycles. The predicted octanol–water partition coefficient (Wildman–Crippen LogP) is 6.40. The average molecular weight is 421 g/mol.